The van der Waals surface area contributed by atoms with Crippen molar-refractivity contribution in [3.05, 3.63) is 176 Å². The summed E-state index contributed by atoms with van der Waals surface area (Å²) in [6, 6.07) is 59.3. The molecule has 0 amide bonds. The lowest BCUT2D eigenvalue weighted by Gasteiger charge is -2.13. The molecule has 5 nitrogen and oxygen atoms in total. The first-order valence-electron chi connectivity index (χ1n) is 16.8. The summed E-state index contributed by atoms with van der Waals surface area (Å²) in [5.74, 6) is 1.94. The number of para-hydroxylation sites is 2. The summed E-state index contributed by atoms with van der Waals surface area (Å²) in [7, 11) is 0. The van der Waals surface area contributed by atoms with Gasteiger partial charge in [-0.2, -0.15) is 0 Å². The quantitative estimate of drug-likeness (QED) is 0.188. The molecule has 7 aromatic carbocycles. The van der Waals surface area contributed by atoms with E-state index in [0.717, 1.165) is 28.1 Å². The summed E-state index contributed by atoms with van der Waals surface area (Å²) >= 11 is 0. The van der Waals surface area contributed by atoms with Crippen LogP contribution in [0.15, 0.2) is 176 Å². The maximum atomic E-state index is 4.96. The number of rotatable bonds is 5. The second-order valence-electron chi connectivity index (χ2n) is 12.5. The van der Waals surface area contributed by atoms with Gasteiger partial charge < -0.3 is 9.13 Å². The van der Waals surface area contributed by atoms with Crippen LogP contribution in [0.2, 0.25) is 0 Å². The predicted molar refractivity (Wildman–Crippen MR) is 205 cm³/mol. The Bertz CT molecular complexity index is 2780. The van der Waals surface area contributed by atoms with Gasteiger partial charge in [0.2, 0.25) is 0 Å². The Balaban J connectivity index is 1.17. The first kappa shape index (κ1) is 28.2. The van der Waals surface area contributed by atoms with E-state index in [0.29, 0.717) is 17.5 Å². The Morgan fingerprint density at radius 1 is 0.360 bits per heavy atom. The highest BCUT2D eigenvalue weighted by Crippen LogP contribution is 2.40. The van der Waals surface area contributed by atoms with Crippen molar-refractivity contribution in [1.29, 1.82) is 0 Å². The number of aromatic nitrogens is 5. The van der Waals surface area contributed by atoms with Gasteiger partial charge in [-0.15, -0.1) is 0 Å². The van der Waals surface area contributed by atoms with E-state index >= 15 is 0 Å². The van der Waals surface area contributed by atoms with Gasteiger partial charge in [-0.1, -0.05) is 115 Å². The maximum absolute atomic E-state index is 4.96. The molecule has 0 aliphatic heterocycles. The Morgan fingerprint density at radius 3 is 1.58 bits per heavy atom. The Labute approximate surface area is 288 Å². The van der Waals surface area contributed by atoms with Crippen LogP contribution in [0.5, 0.6) is 0 Å². The highest BCUT2D eigenvalue weighted by atomic mass is 15.0. The fourth-order valence-corrected chi connectivity index (χ4v) is 7.27. The van der Waals surface area contributed by atoms with Gasteiger partial charge in [0, 0.05) is 55.8 Å². The standard InChI is InChI=1S/C45H29N5/c1-4-12-31(13-5-1)43-46-44(32-14-6-2-7-15-32)48-45(47-43)33-20-24-35(25-21-33)50-40-19-11-10-18-36(40)37-26-22-30-23-27-39-38(41(30)42(37)50)28-29-49(39)34-16-8-3-9-17-34/h1-29H. The summed E-state index contributed by atoms with van der Waals surface area (Å²) in [6.45, 7) is 0. The second kappa shape index (κ2) is 11.4. The van der Waals surface area contributed by atoms with Crippen molar-refractivity contribution in [1.82, 2.24) is 24.1 Å². The molecule has 0 unspecified atom stereocenters. The third-order valence-electron chi connectivity index (χ3n) is 9.60. The van der Waals surface area contributed by atoms with Gasteiger partial charge in [0.25, 0.3) is 0 Å². The van der Waals surface area contributed by atoms with Crippen molar-refractivity contribution in [2.45, 2.75) is 0 Å². The van der Waals surface area contributed by atoms with E-state index in [2.05, 4.69) is 125 Å². The zero-order valence-corrected chi connectivity index (χ0v) is 27.0. The van der Waals surface area contributed by atoms with Crippen LogP contribution in [0, 0.1) is 0 Å². The molecule has 0 N–H and O–H groups in total. The molecule has 3 heterocycles. The molecule has 0 bridgehead atoms. The maximum Gasteiger partial charge on any atom is 0.164 e. The van der Waals surface area contributed by atoms with Crippen LogP contribution in [-0.2, 0) is 0 Å². The van der Waals surface area contributed by atoms with Gasteiger partial charge in [-0.05, 0) is 60.0 Å². The van der Waals surface area contributed by atoms with Gasteiger partial charge in [-0.25, -0.2) is 15.0 Å². The zero-order valence-electron chi connectivity index (χ0n) is 27.0. The van der Waals surface area contributed by atoms with E-state index in [1.54, 1.807) is 0 Å². The third-order valence-corrected chi connectivity index (χ3v) is 9.60. The van der Waals surface area contributed by atoms with Crippen LogP contribution in [0.4, 0.5) is 0 Å². The number of hydrogen-bond donors (Lipinski definition) is 0. The lowest BCUT2D eigenvalue weighted by Crippen LogP contribution is -2.00. The molecule has 0 atom stereocenters. The summed E-state index contributed by atoms with van der Waals surface area (Å²) in [6.07, 6.45) is 2.18. The van der Waals surface area contributed by atoms with Crippen LogP contribution in [0.1, 0.15) is 0 Å². The normalized spacial score (nSPS) is 11.6. The van der Waals surface area contributed by atoms with Crippen LogP contribution in [0.3, 0.4) is 0 Å². The van der Waals surface area contributed by atoms with Crippen LogP contribution >= 0.6 is 0 Å². The number of hydrogen-bond acceptors (Lipinski definition) is 3. The van der Waals surface area contributed by atoms with Crippen molar-refractivity contribution in [2.75, 3.05) is 0 Å². The molecule has 5 heteroatoms. The Morgan fingerprint density at radius 2 is 0.920 bits per heavy atom. The molecule has 50 heavy (non-hydrogen) atoms. The summed E-state index contributed by atoms with van der Waals surface area (Å²) in [5.41, 5.74) is 8.61. The minimum Gasteiger partial charge on any atom is -0.317 e. The highest BCUT2D eigenvalue weighted by molar-refractivity contribution is 6.25. The predicted octanol–water partition coefficient (Wildman–Crippen LogP) is 11.1. The Kier molecular flexibility index (Phi) is 6.42. The van der Waals surface area contributed by atoms with Gasteiger partial charge in [-0.3, -0.25) is 0 Å². The lowest BCUT2D eigenvalue weighted by molar-refractivity contribution is 1.07. The molecular weight excluding hydrogens is 611 g/mol. The van der Waals surface area contributed by atoms with Crippen molar-refractivity contribution < 1.29 is 0 Å². The third kappa shape index (κ3) is 4.52. The van der Waals surface area contributed by atoms with E-state index in [1.807, 2.05) is 60.7 Å². The zero-order chi connectivity index (χ0) is 33.0. The first-order valence-corrected chi connectivity index (χ1v) is 16.8. The SMILES string of the molecule is c1ccc(-c2nc(-c3ccccc3)nc(-c3ccc(-n4c5ccccc5c5ccc6ccc7c(ccn7-c7ccccc7)c6c54)cc3)n2)cc1. The van der Waals surface area contributed by atoms with Crippen molar-refractivity contribution in [3.63, 3.8) is 0 Å². The molecule has 0 spiro atoms. The molecular formula is C45H29N5. The highest BCUT2D eigenvalue weighted by Gasteiger charge is 2.18. The van der Waals surface area contributed by atoms with Crippen molar-refractivity contribution in [3.8, 4) is 45.5 Å². The molecule has 0 aliphatic carbocycles. The van der Waals surface area contributed by atoms with Crippen LogP contribution in [0.25, 0.3) is 89.0 Å². The minimum atomic E-state index is 0.640. The van der Waals surface area contributed by atoms with E-state index in [4.69, 9.17) is 15.0 Å². The molecule has 0 saturated carbocycles. The van der Waals surface area contributed by atoms with Gasteiger partial charge in [0.1, 0.15) is 0 Å². The molecule has 10 aromatic rings. The molecule has 0 fully saturated rings. The molecule has 3 aromatic heterocycles. The number of benzene rings is 7. The van der Waals surface area contributed by atoms with Crippen LogP contribution < -0.4 is 0 Å². The number of fused-ring (bicyclic) bond motifs is 7. The van der Waals surface area contributed by atoms with E-state index in [9.17, 15) is 0 Å². The van der Waals surface area contributed by atoms with E-state index < -0.39 is 0 Å². The average Bonchev–Trinajstić information content (AvgIpc) is 3.79. The Hall–Kier alpha value is -6.85. The fraction of sp³-hybridized carbons (Fsp3) is 0. The van der Waals surface area contributed by atoms with Crippen LogP contribution in [-0.4, -0.2) is 24.1 Å². The molecule has 10 rings (SSSR count). The first-order chi connectivity index (χ1) is 24.8. The van der Waals surface area contributed by atoms with Crippen molar-refractivity contribution in [2.24, 2.45) is 0 Å². The summed E-state index contributed by atoms with van der Waals surface area (Å²) < 4.78 is 4.69. The molecule has 0 saturated heterocycles. The van der Waals surface area contributed by atoms with Gasteiger partial charge in [0.05, 0.1) is 16.6 Å². The molecule has 0 radical (unpaired) electrons. The molecule has 234 valence electrons. The van der Waals surface area contributed by atoms with Gasteiger partial charge >= 0.3 is 0 Å². The van der Waals surface area contributed by atoms with Gasteiger partial charge in [0.15, 0.2) is 17.5 Å². The van der Waals surface area contributed by atoms with Crippen molar-refractivity contribution >= 4 is 43.5 Å². The summed E-state index contributed by atoms with van der Waals surface area (Å²) in [4.78, 5) is 14.8. The largest absolute Gasteiger partial charge is 0.317 e. The van der Waals surface area contributed by atoms with E-state index in [-0.39, 0.29) is 0 Å². The topological polar surface area (TPSA) is 48.5 Å². The number of nitrogens with zero attached hydrogens (tertiary/aromatic N) is 5. The fourth-order valence-electron chi connectivity index (χ4n) is 7.27. The lowest BCUT2D eigenvalue weighted by atomic mass is 10.0. The monoisotopic (exact) mass is 639 g/mol. The summed E-state index contributed by atoms with van der Waals surface area (Å²) in [5, 5.41) is 6.14. The smallest absolute Gasteiger partial charge is 0.164 e. The second-order valence-corrected chi connectivity index (χ2v) is 12.5. The van der Waals surface area contributed by atoms with E-state index in [1.165, 1.54) is 43.5 Å². The minimum absolute atomic E-state index is 0.640. The molecule has 0 aliphatic rings. The average molecular weight is 640 g/mol.